The maximum Gasteiger partial charge on any atom is 0.574 e. The fourth-order valence-corrected chi connectivity index (χ4v) is 1.40. The fraction of sp³-hybridized carbons (Fsp3) is 0.400. The van der Waals surface area contributed by atoms with Crippen molar-refractivity contribution in [2.24, 2.45) is 0 Å². The highest BCUT2D eigenvalue weighted by Crippen LogP contribution is 2.39. The number of nitrogens with zero attached hydrogens (tertiary/aromatic N) is 1. The molecule has 0 aliphatic heterocycles. The van der Waals surface area contributed by atoms with Gasteiger partial charge in [-0.2, -0.15) is 18.2 Å². The number of aromatic nitrogens is 1. The van der Waals surface area contributed by atoms with Crippen LogP contribution in [0.25, 0.3) is 0 Å². The van der Waals surface area contributed by atoms with Crippen LogP contribution >= 0.6 is 0 Å². The molecule has 0 saturated heterocycles. The summed E-state index contributed by atoms with van der Waals surface area (Å²) in [6.45, 7) is 0. The Bertz CT molecular complexity index is 540. The lowest BCUT2D eigenvalue weighted by Crippen LogP contribution is -2.22. The number of hydrogen-bond acceptors (Lipinski definition) is 4. The van der Waals surface area contributed by atoms with E-state index in [1.165, 1.54) is 0 Å². The Morgan fingerprint density at radius 1 is 1.29 bits per heavy atom. The lowest BCUT2D eigenvalue weighted by Gasteiger charge is -2.17. The molecule has 1 N–H and O–H groups in total. The monoisotopic (exact) mass is 319 g/mol. The summed E-state index contributed by atoms with van der Waals surface area (Å²) in [5.41, 5.74) is -2.87. The number of hydrogen-bond donors (Lipinski definition) is 1. The van der Waals surface area contributed by atoms with Crippen molar-refractivity contribution in [1.29, 1.82) is 0 Å². The van der Waals surface area contributed by atoms with Gasteiger partial charge in [-0.3, -0.25) is 4.79 Å². The number of methoxy groups -OCH3 is 1. The number of rotatable bonds is 4. The average Bonchev–Trinajstić information content (AvgIpc) is 2.27. The molecule has 0 bridgehead atoms. The number of carboxylic acid groups (broad SMARTS) is 1. The zero-order chi connectivity index (χ0) is 16.4. The minimum Gasteiger partial charge on any atom is -0.481 e. The summed E-state index contributed by atoms with van der Waals surface area (Å²) in [7, 11) is 0.886. The van der Waals surface area contributed by atoms with E-state index >= 15 is 0 Å². The zero-order valence-corrected chi connectivity index (χ0v) is 10.2. The van der Waals surface area contributed by atoms with Gasteiger partial charge in [-0.25, -0.2) is 0 Å². The summed E-state index contributed by atoms with van der Waals surface area (Å²) >= 11 is 0. The molecule has 1 aromatic rings. The molecule has 0 saturated carbocycles. The number of aliphatic carboxylic acids is 1. The first-order valence-electron chi connectivity index (χ1n) is 5.06. The maximum atomic E-state index is 12.8. The van der Waals surface area contributed by atoms with E-state index in [0.29, 0.717) is 6.07 Å². The Morgan fingerprint density at radius 3 is 2.24 bits per heavy atom. The van der Waals surface area contributed by atoms with Crippen LogP contribution in [0.2, 0.25) is 0 Å². The van der Waals surface area contributed by atoms with Gasteiger partial charge in [0.15, 0.2) is 0 Å². The molecule has 0 aromatic carbocycles. The van der Waals surface area contributed by atoms with E-state index < -0.39 is 47.8 Å². The first-order chi connectivity index (χ1) is 9.44. The van der Waals surface area contributed by atoms with Crippen LogP contribution < -0.4 is 9.47 Å². The second kappa shape index (κ2) is 5.66. The Kier molecular flexibility index (Phi) is 4.54. The van der Waals surface area contributed by atoms with Crippen LogP contribution in [0, 0.1) is 0 Å². The summed E-state index contributed by atoms with van der Waals surface area (Å²) in [5.74, 6) is -4.09. The molecule has 0 fully saturated rings. The molecule has 1 rings (SSSR count). The predicted molar refractivity (Wildman–Crippen MR) is 53.8 cm³/mol. The minimum atomic E-state index is -5.34. The molecule has 0 aliphatic carbocycles. The molecule has 0 atom stereocenters. The Labute approximate surface area is 113 Å². The lowest BCUT2D eigenvalue weighted by atomic mass is 10.1. The third-order valence-corrected chi connectivity index (χ3v) is 2.12. The van der Waals surface area contributed by atoms with E-state index in [1.807, 2.05) is 0 Å². The Balaban J connectivity index is 3.53. The number of halogens is 6. The largest absolute Gasteiger partial charge is 0.574 e. The van der Waals surface area contributed by atoms with Crippen molar-refractivity contribution in [1.82, 2.24) is 4.98 Å². The van der Waals surface area contributed by atoms with Gasteiger partial charge in [-0.15, -0.1) is 13.2 Å². The van der Waals surface area contributed by atoms with Crippen molar-refractivity contribution in [2.75, 3.05) is 7.11 Å². The Hall–Kier alpha value is -2.20. The van der Waals surface area contributed by atoms with Crippen molar-refractivity contribution in [3.63, 3.8) is 0 Å². The Morgan fingerprint density at radius 2 is 1.86 bits per heavy atom. The third kappa shape index (κ3) is 4.68. The molecule has 1 heterocycles. The smallest absolute Gasteiger partial charge is 0.481 e. The van der Waals surface area contributed by atoms with Gasteiger partial charge in [0.2, 0.25) is 11.8 Å². The van der Waals surface area contributed by atoms with Crippen LogP contribution in [0.5, 0.6) is 11.8 Å². The van der Waals surface area contributed by atoms with Crippen LogP contribution in [0.1, 0.15) is 11.1 Å². The van der Waals surface area contributed by atoms with Gasteiger partial charge in [0.25, 0.3) is 0 Å². The lowest BCUT2D eigenvalue weighted by molar-refractivity contribution is -0.276. The molecule has 1 aromatic heterocycles. The predicted octanol–water partition coefficient (Wildman–Crippen LogP) is 2.63. The van der Waals surface area contributed by atoms with E-state index in [0.717, 1.165) is 7.11 Å². The van der Waals surface area contributed by atoms with Crippen LogP contribution in [0.4, 0.5) is 26.3 Å². The number of alkyl halides is 6. The highest BCUT2D eigenvalue weighted by Gasteiger charge is 2.40. The molecular weight excluding hydrogens is 312 g/mol. The average molecular weight is 319 g/mol. The normalized spacial score (nSPS) is 12.1. The first kappa shape index (κ1) is 16.9. The number of pyridine rings is 1. The van der Waals surface area contributed by atoms with Crippen LogP contribution in [0.3, 0.4) is 0 Å². The molecule has 0 aliphatic rings. The minimum absolute atomic E-state index is 0.293. The molecule has 0 amide bonds. The van der Waals surface area contributed by atoms with E-state index in [4.69, 9.17) is 5.11 Å². The van der Waals surface area contributed by atoms with Crippen LogP contribution in [0.15, 0.2) is 6.07 Å². The van der Waals surface area contributed by atoms with Gasteiger partial charge in [0.05, 0.1) is 19.1 Å². The van der Waals surface area contributed by atoms with Gasteiger partial charge in [-0.05, 0) is 0 Å². The molecule has 5 nitrogen and oxygen atoms in total. The van der Waals surface area contributed by atoms with E-state index in [-0.39, 0.29) is 0 Å². The van der Waals surface area contributed by atoms with Crippen LogP contribution in [-0.4, -0.2) is 29.5 Å². The highest BCUT2D eigenvalue weighted by atomic mass is 19.4. The van der Waals surface area contributed by atoms with Crippen molar-refractivity contribution < 1.29 is 45.7 Å². The SMILES string of the molecule is COc1cc(C(F)(F)F)c(CC(=O)O)c(OC(F)(F)F)n1. The van der Waals surface area contributed by atoms with E-state index in [2.05, 4.69) is 14.5 Å². The zero-order valence-electron chi connectivity index (χ0n) is 10.2. The molecule has 118 valence electrons. The van der Waals surface area contributed by atoms with E-state index in [9.17, 15) is 31.1 Å². The summed E-state index contributed by atoms with van der Waals surface area (Å²) < 4.78 is 82.7. The second-order valence-corrected chi connectivity index (χ2v) is 3.61. The number of carboxylic acids is 1. The number of ether oxygens (including phenoxy) is 2. The van der Waals surface area contributed by atoms with Gasteiger partial charge >= 0.3 is 18.5 Å². The molecule has 0 spiro atoms. The molecule has 21 heavy (non-hydrogen) atoms. The summed E-state index contributed by atoms with van der Waals surface area (Å²) in [6.07, 6.45) is -11.8. The second-order valence-electron chi connectivity index (χ2n) is 3.61. The molecular formula is C10H7F6NO4. The van der Waals surface area contributed by atoms with Crippen LogP contribution in [-0.2, 0) is 17.4 Å². The van der Waals surface area contributed by atoms with Gasteiger partial charge < -0.3 is 14.6 Å². The highest BCUT2D eigenvalue weighted by molar-refractivity contribution is 5.72. The van der Waals surface area contributed by atoms with Crippen molar-refractivity contribution in [2.45, 2.75) is 19.0 Å². The summed E-state index contributed by atoms with van der Waals surface area (Å²) in [4.78, 5) is 13.6. The quantitative estimate of drug-likeness (QED) is 0.864. The molecule has 0 unspecified atom stereocenters. The van der Waals surface area contributed by atoms with E-state index in [1.54, 1.807) is 0 Å². The van der Waals surface area contributed by atoms with Gasteiger partial charge in [0, 0.05) is 11.6 Å². The van der Waals surface area contributed by atoms with Gasteiger partial charge in [0.1, 0.15) is 0 Å². The van der Waals surface area contributed by atoms with Crippen molar-refractivity contribution in [3.05, 3.63) is 17.2 Å². The van der Waals surface area contributed by atoms with Gasteiger partial charge in [-0.1, -0.05) is 0 Å². The van der Waals surface area contributed by atoms with Crippen molar-refractivity contribution in [3.8, 4) is 11.8 Å². The fourth-order valence-electron chi connectivity index (χ4n) is 1.40. The summed E-state index contributed by atoms with van der Waals surface area (Å²) in [5, 5.41) is 8.54. The number of carbonyl (C=O) groups is 1. The maximum absolute atomic E-state index is 12.8. The van der Waals surface area contributed by atoms with Crippen molar-refractivity contribution >= 4 is 5.97 Å². The topological polar surface area (TPSA) is 68.7 Å². The first-order valence-corrected chi connectivity index (χ1v) is 5.06. The molecule has 11 heteroatoms. The standard InChI is InChI=1S/C10H7F6NO4/c1-20-6-3-5(9(11,12)13)4(2-7(18)19)8(17-6)21-10(14,15)16/h3H,2H2,1H3,(H,18,19). The molecule has 0 radical (unpaired) electrons. The third-order valence-electron chi connectivity index (χ3n) is 2.12. The summed E-state index contributed by atoms with van der Waals surface area (Å²) in [6, 6.07) is 0.293.